The van der Waals surface area contributed by atoms with Crippen LogP contribution in [0, 0.1) is 6.90 Å². The van der Waals surface area contributed by atoms with Gasteiger partial charge in [-0.25, -0.2) is 0 Å². The Morgan fingerprint density at radius 3 is 1.69 bits per heavy atom. The summed E-state index contributed by atoms with van der Waals surface area (Å²) in [5, 5.41) is 0. The molecule has 0 aromatic heterocycles. The molecule has 0 bridgehead atoms. The highest BCUT2D eigenvalue weighted by atomic mass is 14.0. The summed E-state index contributed by atoms with van der Waals surface area (Å²) in [6.07, 6.45) is 14.8. The molecule has 0 saturated heterocycles. The second-order valence-electron chi connectivity index (χ2n) is 3.97. The topological polar surface area (TPSA) is 0 Å². The minimum atomic E-state index is 0.983. The average Bonchev–Trinajstić information content (AvgIpc) is 2.21. The summed E-state index contributed by atoms with van der Waals surface area (Å²) >= 11 is 0. The number of hydrogen-bond acceptors (Lipinski definition) is 0. The largest absolute Gasteiger partial charge is 0.0654 e. The van der Waals surface area contributed by atoms with E-state index in [0.717, 1.165) is 6.42 Å². The van der Waals surface area contributed by atoms with Gasteiger partial charge in [0.25, 0.3) is 0 Å². The maximum absolute atomic E-state index is 6.89. The minimum Gasteiger partial charge on any atom is -0.0654 e. The highest BCUT2D eigenvalue weighted by Gasteiger charge is 1.90. The number of unbranched alkanes of at least 4 members (excludes halogenated alkanes) is 10. The van der Waals surface area contributed by atoms with Crippen LogP contribution in [0.15, 0.2) is 0 Å². The zero-order chi connectivity index (χ0) is 10.5. The van der Waals surface area contributed by atoms with Crippen LogP contribution in [0.25, 0.3) is 0 Å². The molecule has 0 fully saturated rings. The Balaban J connectivity index is 2.78. The van der Waals surface area contributed by atoms with E-state index in [2.05, 4.69) is 6.92 Å². The number of hydrogen-bond donors (Lipinski definition) is 0. The van der Waals surface area contributed by atoms with Gasteiger partial charge in [0.1, 0.15) is 0 Å². The Labute approximate surface area is 86.5 Å². The highest BCUT2D eigenvalue weighted by molar-refractivity contribution is 4.48. The standard InChI is InChI=1S/C13H27/c1-3-5-7-9-11-13-12-10-8-6-4-2/h1,3-13H2,2H3/i1D. The average molecular weight is 184 g/mol. The third-order valence-corrected chi connectivity index (χ3v) is 2.56. The van der Waals surface area contributed by atoms with Gasteiger partial charge in [-0.15, -0.1) is 0 Å². The van der Waals surface area contributed by atoms with Gasteiger partial charge in [-0.05, 0) is 0 Å². The van der Waals surface area contributed by atoms with Crippen molar-refractivity contribution in [2.75, 3.05) is 0 Å². The molecule has 0 spiro atoms. The summed E-state index contributed by atoms with van der Waals surface area (Å²) in [4.78, 5) is 0. The SMILES string of the molecule is [2H][CH]CCCCCCCCCCCC. The second kappa shape index (κ2) is 12.0. The predicted molar refractivity (Wildman–Crippen MR) is 61.8 cm³/mol. The van der Waals surface area contributed by atoms with Crippen molar-refractivity contribution in [1.29, 1.82) is 0 Å². The molecule has 0 aromatic carbocycles. The summed E-state index contributed by atoms with van der Waals surface area (Å²) in [5.41, 5.74) is 0. The molecule has 0 heteroatoms. The van der Waals surface area contributed by atoms with Crippen molar-refractivity contribution in [2.45, 2.75) is 77.6 Å². The molecule has 13 heavy (non-hydrogen) atoms. The lowest BCUT2D eigenvalue weighted by Crippen LogP contribution is -1.81. The van der Waals surface area contributed by atoms with Gasteiger partial charge in [-0.2, -0.15) is 0 Å². The van der Waals surface area contributed by atoms with Crippen LogP contribution in [0.4, 0.5) is 0 Å². The van der Waals surface area contributed by atoms with Gasteiger partial charge >= 0.3 is 0 Å². The summed E-state index contributed by atoms with van der Waals surface area (Å²) in [6.45, 7) is 3.80. The summed E-state index contributed by atoms with van der Waals surface area (Å²) in [7, 11) is 0. The van der Waals surface area contributed by atoms with Crippen LogP contribution in [0.2, 0.25) is 0 Å². The molecule has 0 rings (SSSR count). The zero-order valence-electron chi connectivity index (χ0n) is 10.4. The monoisotopic (exact) mass is 184 g/mol. The van der Waals surface area contributed by atoms with Crippen LogP contribution >= 0.6 is 0 Å². The van der Waals surface area contributed by atoms with Crippen molar-refractivity contribution >= 4 is 0 Å². The van der Waals surface area contributed by atoms with Crippen molar-refractivity contribution in [2.24, 2.45) is 0 Å². The molecule has 0 aliphatic heterocycles. The number of rotatable bonds is 11. The fourth-order valence-corrected chi connectivity index (χ4v) is 1.63. The van der Waals surface area contributed by atoms with E-state index >= 15 is 0 Å². The fraction of sp³-hybridized carbons (Fsp3) is 0.923. The Hall–Kier alpha value is 0. The smallest absolute Gasteiger partial charge is 0.0267 e. The Morgan fingerprint density at radius 1 is 0.769 bits per heavy atom. The molecule has 0 nitrogen and oxygen atoms in total. The molecule has 0 saturated carbocycles. The molecular weight excluding hydrogens is 156 g/mol. The maximum atomic E-state index is 6.89. The molecule has 0 amide bonds. The fourth-order valence-electron chi connectivity index (χ4n) is 1.63. The molecular formula is C13H27. The predicted octanol–water partition coefficient (Wildman–Crippen LogP) is 5.13. The van der Waals surface area contributed by atoms with Gasteiger partial charge in [-0.1, -0.05) is 84.5 Å². The van der Waals surface area contributed by atoms with E-state index in [1.54, 1.807) is 0 Å². The van der Waals surface area contributed by atoms with Gasteiger partial charge in [0.2, 0.25) is 0 Å². The molecule has 0 aliphatic rings. The third kappa shape index (κ3) is 12.0. The third-order valence-electron chi connectivity index (χ3n) is 2.56. The van der Waals surface area contributed by atoms with Crippen LogP contribution in [0.1, 0.15) is 78.9 Å². The second-order valence-corrected chi connectivity index (χ2v) is 3.97. The Morgan fingerprint density at radius 2 is 1.23 bits per heavy atom. The maximum Gasteiger partial charge on any atom is 0.0267 e. The quantitative estimate of drug-likeness (QED) is 0.390. The van der Waals surface area contributed by atoms with Crippen LogP contribution in [0.3, 0.4) is 0 Å². The first-order valence-corrected chi connectivity index (χ1v) is 6.12. The van der Waals surface area contributed by atoms with Gasteiger partial charge < -0.3 is 0 Å². The molecule has 0 aromatic rings. The van der Waals surface area contributed by atoms with Crippen LogP contribution in [-0.4, -0.2) is 0 Å². The van der Waals surface area contributed by atoms with E-state index in [0.29, 0.717) is 0 Å². The lowest BCUT2D eigenvalue weighted by Gasteiger charge is -2.00. The van der Waals surface area contributed by atoms with Crippen molar-refractivity contribution in [3.8, 4) is 0 Å². The van der Waals surface area contributed by atoms with E-state index < -0.39 is 0 Å². The first kappa shape index (κ1) is 11.1. The first-order valence-electron chi connectivity index (χ1n) is 6.69. The Bertz CT molecular complexity index is 79.2. The van der Waals surface area contributed by atoms with E-state index in [4.69, 9.17) is 1.37 Å². The molecule has 1 radical (unpaired) electrons. The van der Waals surface area contributed by atoms with Crippen molar-refractivity contribution in [1.82, 2.24) is 0 Å². The normalized spacial score (nSPS) is 11.6. The lowest BCUT2D eigenvalue weighted by molar-refractivity contribution is 0.557. The molecule has 0 unspecified atom stereocenters. The molecule has 0 N–H and O–H groups in total. The first-order chi connectivity index (χ1) is 6.91. The molecule has 0 heterocycles. The minimum absolute atomic E-state index is 0.983. The zero-order valence-corrected chi connectivity index (χ0v) is 9.36. The van der Waals surface area contributed by atoms with E-state index in [1.165, 1.54) is 71.1 Å². The van der Waals surface area contributed by atoms with E-state index in [-0.39, 0.29) is 0 Å². The van der Waals surface area contributed by atoms with Gasteiger partial charge in [-0.3, -0.25) is 0 Å². The molecule has 0 aliphatic carbocycles. The van der Waals surface area contributed by atoms with Crippen LogP contribution < -0.4 is 0 Å². The van der Waals surface area contributed by atoms with Crippen molar-refractivity contribution in [3.63, 3.8) is 0 Å². The van der Waals surface area contributed by atoms with Crippen molar-refractivity contribution < 1.29 is 1.37 Å². The molecule has 0 atom stereocenters. The summed E-state index contributed by atoms with van der Waals surface area (Å²) in [5.74, 6) is 0. The lowest BCUT2D eigenvalue weighted by atomic mass is 10.1. The van der Waals surface area contributed by atoms with Gasteiger partial charge in [0.15, 0.2) is 0 Å². The van der Waals surface area contributed by atoms with Crippen LogP contribution in [-0.2, 0) is 0 Å². The van der Waals surface area contributed by atoms with E-state index in [9.17, 15) is 0 Å². The van der Waals surface area contributed by atoms with Gasteiger partial charge in [0.05, 0.1) is 0 Å². The summed E-state index contributed by atoms with van der Waals surface area (Å²) < 4.78 is 6.89. The summed E-state index contributed by atoms with van der Waals surface area (Å²) in [6, 6.07) is 0. The molecule has 79 valence electrons. The van der Waals surface area contributed by atoms with E-state index in [1.807, 2.05) is 0 Å². The van der Waals surface area contributed by atoms with Crippen molar-refractivity contribution in [3.05, 3.63) is 6.90 Å². The Kier molecular flexibility index (Phi) is 10.2. The highest BCUT2D eigenvalue weighted by Crippen LogP contribution is 2.10. The van der Waals surface area contributed by atoms with Crippen LogP contribution in [0.5, 0.6) is 0 Å². The van der Waals surface area contributed by atoms with Gasteiger partial charge in [0, 0.05) is 1.37 Å².